The Labute approximate surface area is 109 Å². The highest BCUT2D eigenvalue weighted by Gasteiger charge is 2.08. The van der Waals surface area contributed by atoms with E-state index in [0.717, 1.165) is 11.2 Å². The molecule has 0 saturated heterocycles. The van der Waals surface area contributed by atoms with Gasteiger partial charge >= 0.3 is 0 Å². The van der Waals surface area contributed by atoms with E-state index in [9.17, 15) is 4.79 Å². The molecule has 96 valence electrons. The Morgan fingerprint density at radius 3 is 2.95 bits per heavy atom. The van der Waals surface area contributed by atoms with E-state index in [1.807, 2.05) is 13.0 Å². The van der Waals surface area contributed by atoms with E-state index >= 15 is 0 Å². The highest BCUT2D eigenvalue weighted by molar-refractivity contribution is 5.76. The summed E-state index contributed by atoms with van der Waals surface area (Å²) in [5.74, 6) is 0.497. The minimum Gasteiger partial charge on any atom is -0.439 e. The van der Waals surface area contributed by atoms with Crippen LogP contribution in [-0.4, -0.2) is 9.55 Å². The zero-order valence-electron chi connectivity index (χ0n) is 10.5. The van der Waals surface area contributed by atoms with Crippen LogP contribution in [0.2, 0.25) is 0 Å². The van der Waals surface area contributed by atoms with Crippen molar-refractivity contribution in [2.75, 3.05) is 5.73 Å². The molecular formula is C14H13N3O2. The van der Waals surface area contributed by atoms with Crippen LogP contribution in [0.1, 0.15) is 11.6 Å². The van der Waals surface area contributed by atoms with Gasteiger partial charge in [-0.05, 0) is 25.1 Å². The standard InChI is InChI=1S/C14H13N3O2/c1-9-3-2-4-14(18)17(9)8-13-16-11-6-5-10(15)7-12(11)19-13/h2-7H,8,15H2,1H3. The van der Waals surface area contributed by atoms with Gasteiger partial charge in [0.05, 0.1) is 0 Å². The molecule has 0 aliphatic heterocycles. The Morgan fingerprint density at radius 1 is 1.32 bits per heavy atom. The second kappa shape index (κ2) is 4.28. The third-order valence-electron chi connectivity index (χ3n) is 3.02. The predicted octanol–water partition coefficient (Wildman–Crippen LogP) is 1.93. The first-order valence-corrected chi connectivity index (χ1v) is 5.95. The van der Waals surface area contributed by atoms with Crippen molar-refractivity contribution < 1.29 is 4.42 Å². The maximum Gasteiger partial charge on any atom is 0.251 e. The highest BCUT2D eigenvalue weighted by Crippen LogP contribution is 2.18. The lowest BCUT2D eigenvalue weighted by Gasteiger charge is -2.05. The molecule has 0 saturated carbocycles. The first kappa shape index (κ1) is 11.5. The topological polar surface area (TPSA) is 74.0 Å². The molecule has 0 fully saturated rings. The molecule has 3 aromatic rings. The Hall–Kier alpha value is -2.56. The summed E-state index contributed by atoms with van der Waals surface area (Å²) in [6.07, 6.45) is 0. The molecule has 0 aliphatic rings. The third-order valence-corrected chi connectivity index (χ3v) is 3.02. The zero-order valence-corrected chi connectivity index (χ0v) is 10.5. The van der Waals surface area contributed by atoms with E-state index < -0.39 is 0 Å². The number of benzene rings is 1. The fourth-order valence-electron chi connectivity index (χ4n) is 2.02. The van der Waals surface area contributed by atoms with Gasteiger partial charge in [-0.25, -0.2) is 4.98 Å². The maximum absolute atomic E-state index is 11.8. The number of hydrogen-bond acceptors (Lipinski definition) is 4. The quantitative estimate of drug-likeness (QED) is 0.710. The van der Waals surface area contributed by atoms with Gasteiger partial charge in [0, 0.05) is 23.5 Å². The second-order valence-electron chi connectivity index (χ2n) is 4.43. The van der Waals surface area contributed by atoms with Crippen LogP contribution < -0.4 is 11.3 Å². The average Bonchev–Trinajstić information content (AvgIpc) is 2.75. The number of pyridine rings is 1. The van der Waals surface area contributed by atoms with Crippen molar-refractivity contribution in [2.24, 2.45) is 0 Å². The molecule has 0 bridgehead atoms. The number of oxazole rings is 1. The molecule has 0 aliphatic carbocycles. The maximum atomic E-state index is 11.8. The summed E-state index contributed by atoms with van der Waals surface area (Å²) in [6, 6.07) is 10.4. The molecule has 3 rings (SSSR count). The normalized spacial score (nSPS) is 11.0. The molecule has 19 heavy (non-hydrogen) atoms. The number of nitrogens with two attached hydrogens (primary N) is 1. The smallest absolute Gasteiger partial charge is 0.251 e. The molecule has 5 nitrogen and oxygen atoms in total. The van der Waals surface area contributed by atoms with Gasteiger partial charge in [0.1, 0.15) is 12.1 Å². The van der Waals surface area contributed by atoms with E-state index in [0.29, 0.717) is 23.7 Å². The summed E-state index contributed by atoms with van der Waals surface area (Å²) in [4.78, 5) is 16.1. The third kappa shape index (κ3) is 2.10. The van der Waals surface area contributed by atoms with E-state index in [2.05, 4.69) is 4.98 Å². The Balaban J connectivity index is 2.04. The molecule has 0 atom stereocenters. The zero-order chi connectivity index (χ0) is 13.4. The molecule has 0 radical (unpaired) electrons. The Kier molecular flexibility index (Phi) is 2.59. The summed E-state index contributed by atoms with van der Waals surface area (Å²) in [5.41, 5.74) is 8.50. The van der Waals surface area contributed by atoms with Crippen LogP contribution >= 0.6 is 0 Å². The number of rotatable bonds is 2. The van der Waals surface area contributed by atoms with Crippen LogP contribution in [0.3, 0.4) is 0 Å². The van der Waals surface area contributed by atoms with Gasteiger partial charge in [0.15, 0.2) is 5.58 Å². The fourth-order valence-corrected chi connectivity index (χ4v) is 2.02. The Morgan fingerprint density at radius 2 is 2.16 bits per heavy atom. The molecule has 0 amide bonds. The fraction of sp³-hybridized carbons (Fsp3) is 0.143. The van der Waals surface area contributed by atoms with Gasteiger partial charge in [0.2, 0.25) is 5.89 Å². The van der Waals surface area contributed by atoms with Gasteiger partial charge in [-0.2, -0.15) is 0 Å². The first-order chi connectivity index (χ1) is 9.13. The van der Waals surface area contributed by atoms with Crippen molar-refractivity contribution >= 4 is 16.8 Å². The summed E-state index contributed by atoms with van der Waals surface area (Å²) in [5, 5.41) is 0. The molecule has 0 unspecified atom stereocenters. The predicted molar refractivity (Wildman–Crippen MR) is 73.0 cm³/mol. The lowest BCUT2D eigenvalue weighted by Crippen LogP contribution is -2.21. The van der Waals surface area contributed by atoms with Crippen LogP contribution in [0, 0.1) is 6.92 Å². The van der Waals surface area contributed by atoms with Crippen LogP contribution in [0.25, 0.3) is 11.1 Å². The van der Waals surface area contributed by atoms with E-state index in [1.165, 1.54) is 6.07 Å². The lowest BCUT2D eigenvalue weighted by atomic mass is 10.3. The summed E-state index contributed by atoms with van der Waals surface area (Å²) in [7, 11) is 0. The minimum atomic E-state index is -0.0678. The average molecular weight is 255 g/mol. The summed E-state index contributed by atoms with van der Waals surface area (Å²) < 4.78 is 7.23. The molecule has 0 spiro atoms. The van der Waals surface area contributed by atoms with Gasteiger partial charge in [0.25, 0.3) is 5.56 Å². The van der Waals surface area contributed by atoms with E-state index in [1.54, 1.807) is 28.8 Å². The van der Waals surface area contributed by atoms with E-state index in [4.69, 9.17) is 10.2 Å². The first-order valence-electron chi connectivity index (χ1n) is 5.95. The van der Waals surface area contributed by atoms with Gasteiger partial charge in [-0.3, -0.25) is 4.79 Å². The molecule has 2 N–H and O–H groups in total. The van der Waals surface area contributed by atoms with Crippen LogP contribution in [0.5, 0.6) is 0 Å². The number of hydrogen-bond donors (Lipinski definition) is 1. The van der Waals surface area contributed by atoms with Crippen molar-refractivity contribution in [1.29, 1.82) is 0 Å². The van der Waals surface area contributed by atoms with Crippen molar-refractivity contribution in [3.05, 3.63) is 58.3 Å². The van der Waals surface area contributed by atoms with E-state index in [-0.39, 0.29) is 5.56 Å². The van der Waals surface area contributed by atoms with Crippen LogP contribution in [0.15, 0.2) is 45.6 Å². The Bertz CT molecular complexity index is 802. The van der Waals surface area contributed by atoms with Crippen LogP contribution in [-0.2, 0) is 6.54 Å². The monoisotopic (exact) mass is 255 g/mol. The van der Waals surface area contributed by atoms with Crippen molar-refractivity contribution in [3.8, 4) is 0 Å². The SMILES string of the molecule is Cc1cccc(=O)n1Cc1nc2ccc(N)cc2o1. The lowest BCUT2D eigenvalue weighted by molar-refractivity contribution is 0.500. The number of aryl methyl sites for hydroxylation is 1. The molecule has 2 aromatic heterocycles. The van der Waals surface area contributed by atoms with Gasteiger partial charge in [-0.15, -0.1) is 0 Å². The minimum absolute atomic E-state index is 0.0678. The van der Waals surface area contributed by atoms with Gasteiger partial charge in [-0.1, -0.05) is 6.07 Å². The van der Waals surface area contributed by atoms with Crippen molar-refractivity contribution in [1.82, 2.24) is 9.55 Å². The summed E-state index contributed by atoms with van der Waals surface area (Å²) in [6.45, 7) is 2.20. The highest BCUT2D eigenvalue weighted by atomic mass is 16.3. The second-order valence-corrected chi connectivity index (χ2v) is 4.43. The molecule has 5 heteroatoms. The van der Waals surface area contributed by atoms with Crippen LogP contribution in [0.4, 0.5) is 5.69 Å². The molecular weight excluding hydrogens is 242 g/mol. The molecule has 1 aromatic carbocycles. The van der Waals surface area contributed by atoms with Crippen molar-refractivity contribution in [3.63, 3.8) is 0 Å². The number of nitrogen functional groups attached to an aromatic ring is 1. The summed E-state index contributed by atoms with van der Waals surface area (Å²) >= 11 is 0. The van der Waals surface area contributed by atoms with Crippen molar-refractivity contribution in [2.45, 2.75) is 13.5 Å². The number of anilines is 1. The number of aromatic nitrogens is 2. The number of nitrogens with zero attached hydrogens (tertiary/aromatic N) is 2. The largest absolute Gasteiger partial charge is 0.439 e. The molecule has 2 heterocycles. The van der Waals surface area contributed by atoms with Gasteiger partial charge < -0.3 is 14.7 Å². The number of fused-ring (bicyclic) bond motifs is 1.